The van der Waals surface area contributed by atoms with E-state index in [1.54, 1.807) is 6.20 Å². The minimum atomic E-state index is -4.33. The standard InChI is InChI=1S/C24H23F3N2O3/c1-14(8-9-30)23(31)29-22-13-28-21-7-6-18(12-20(21)22)32-19-10-16(11-19)15-2-4-17(5-3-15)24(25,26)27/h2-7,12-13,16,19,28,30H,1,8-11H2,(H,29,31). The van der Waals surface area contributed by atoms with Gasteiger partial charge in [0, 0.05) is 35.7 Å². The van der Waals surface area contributed by atoms with E-state index in [-0.39, 0.29) is 36.5 Å². The van der Waals surface area contributed by atoms with Gasteiger partial charge >= 0.3 is 6.18 Å². The van der Waals surface area contributed by atoms with Crippen molar-refractivity contribution in [2.24, 2.45) is 0 Å². The van der Waals surface area contributed by atoms with Gasteiger partial charge in [-0.1, -0.05) is 18.7 Å². The highest BCUT2D eigenvalue weighted by molar-refractivity contribution is 6.08. The molecule has 4 rings (SSSR count). The van der Waals surface area contributed by atoms with E-state index < -0.39 is 11.7 Å². The molecule has 1 aliphatic carbocycles. The lowest BCUT2D eigenvalue weighted by Gasteiger charge is -2.35. The van der Waals surface area contributed by atoms with Crippen molar-refractivity contribution < 1.29 is 27.8 Å². The van der Waals surface area contributed by atoms with Gasteiger partial charge in [0.1, 0.15) is 5.75 Å². The van der Waals surface area contributed by atoms with Crippen LogP contribution in [0.1, 0.15) is 36.3 Å². The van der Waals surface area contributed by atoms with Gasteiger partial charge in [-0.3, -0.25) is 4.79 Å². The van der Waals surface area contributed by atoms with Gasteiger partial charge in [-0.05, 0) is 54.7 Å². The van der Waals surface area contributed by atoms with Crippen LogP contribution in [-0.2, 0) is 11.0 Å². The Morgan fingerprint density at radius 2 is 1.91 bits per heavy atom. The van der Waals surface area contributed by atoms with Gasteiger partial charge in [-0.15, -0.1) is 0 Å². The number of amides is 1. The first-order valence-electron chi connectivity index (χ1n) is 10.3. The van der Waals surface area contributed by atoms with E-state index in [9.17, 15) is 18.0 Å². The molecule has 0 unspecified atom stereocenters. The topological polar surface area (TPSA) is 74.4 Å². The van der Waals surface area contributed by atoms with Gasteiger partial charge in [-0.25, -0.2) is 0 Å². The number of anilines is 1. The van der Waals surface area contributed by atoms with Crippen molar-refractivity contribution in [3.05, 3.63) is 71.9 Å². The van der Waals surface area contributed by atoms with Crippen molar-refractivity contribution in [1.29, 1.82) is 0 Å². The smallest absolute Gasteiger partial charge is 0.416 e. The first-order chi connectivity index (χ1) is 15.2. The number of fused-ring (bicyclic) bond motifs is 1. The number of aromatic amines is 1. The van der Waals surface area contributed by atoms with Crippen LogP contribution in [0, 0.1) is 0 Å². The average molecular weight is 444 g/mol. The second kappa shape index (κ2) is 8.70. The third kappa shape index (κ3) is 4.65. The Hall–Kier alpha value is -3.26. The SMILES string of the molecule is C=C(CCO)C(=O)Nc1c[nH]c2ccc(OC3CC(c4ccc(C(F)(F)F)cc4)C3)cc12. The maximum atomic E-state index is 12.7. The van der Waals surface area contributed by atoms with E-state index in [1.165, 1.54) is 12.1 Å². The van der Waals surface area contributed by atoms with Crippen molar-refractivity contribution in [3.63, 3.8) is 0 Å². The third-order valence-electron chi connectivity index (χ3n) is 5.74. The Kier molecular flexibility index (Phi) is 5.97. The Morgan fingerprint density at radius 3 is 2.56 bits per heavy atom. The van der Waals surface area contributed by atoms with E-state index >= 15 is 0 Å². The minimum absolute atomic E-state index is 0.0268. The lowest BCUT2D eigenvalue weighted by atomic mass is 9.77. The number of aliphatic hydroxyl groups excluding tert-OH is 1. The van der Waals surface area contributed by atoms with Crippen molar-refractivity contribution in [3.8, 4) is 5.75 Å². The average Bonchev–Trinajstić information content (AvgIpc) is 3.12. The summed E-state index contributed by atoms with van der Waals surface area (Å²) in [7, 11) is 0. The fraction of sp³-hybridized carbons (Fsp3) is 0.292. The summed E-state index contributed by atoms with van der Waals surface area (Å²) in [6, 6.07) is 10.8. The molecule has 0 bridgehead atoms. The first-order valence-corrected chi connectivity index (χ1v) is 10.3. The summed E-state index contributed by atoms with van der Waals surface area (Å²) >= 11 is 0. The number of benzene rings is 2. The number of rotatable bonds is 7. The molecule has 2 aromatic carbocycles. The van der Waals surface area contributed by atoms with Gasteiger partial charge in [0.2, 0.25) is 0 Å². The molecule has 1 heterocycles. The highest BCUT2D eigenvalue weighted by atomic mass is 19.4. The molecule has 0 radical (unpaired) electrons. The predicted octanol–water partition coefficient (Wildman–Crippen LogP) is 5.39. The zero-order chi connectivity index (χ0) is 22.9. The van der Waals surface area contributed by atoms with Gasteiger partial charge in [0.25, 0.3) is 5.91 Å². The van der Waals surface area contributed by atoms with Crippen LogP contribution in [0.5, 0.6) is 5.75 Å². The number of nitrogens with one attached hydrogen (secondary N) is 2. The fourth-order valence-electron chi connectivity index (χ4n) is 3.81. The van der Waals surface area contributed by atoms with E-state index in [2.05, 4.69) is 16.9 Å². The highest BCUT2D eigenvalue weighted by Crippen LogP contribution is 2.41. The normalized spacial score (nSPS) is 18.2. The lowest BCUT2D eigenvalue weighted by molar-refractivity contribution is -0.137. The minimum Gasteiger partial charge on any atom is -0.490 e. The van der Waals surface area contributed by atoms with Crippen LogP contribution in [0.4, 0.5) is 18.9 Å². The number of aliphatic hydroxyl groups is 1. The summed E-state index contributed by atoms with van der Waals surface area (Å²) < 4.78 is 44.2. The van der Waals surface area contributed by atoms with Crippen molar-refractivity contribution >= 4 is 22.5 Å². The molecule has 1 amide bonds. The molecule has 0 aliphatic heterocycles. The summed E-state index contributed by atoms with van der Waals surface area (Å²) in [5, 5.41) is 12.5. The van der Waals surface area contributed by atoms with Gasteiger partial charge in [0.05, 0.1) is 17.4 Å². The number of halogens is 3. The van der Waals surface area contributed by atoms with Crippen molar-refractivity contribution in [1.82, 2.24) is 4.98 Å². The van der Waals surface area contributed by atoms with Crippen LogP contribution in [0.3, 0.4) is 0 Å². The Balaban J connectivity index is 1.38. The maximum Gasteiger partial charge on any atom is 0.416 e. The summed E-state index contributed by atoms with van der Waals surface area (Å²) in [5.74, 6) is 0.466. The number of ether oxygens (including phenoxy) is 1. The molecule has 0 saturated heterocycles. The number of hydrogen-bond donors (Lipinski definition) is 3. The van der Waals surface area contributed by atoms with Crippen LogP contribution >= 0.6 is 0 Å². The molecular weight excluding hydrogens is 421 g/mol. The summed E-state index contributed by atoms with van der Waals surface area (Å²) in [6.07, 6.45) is -1.03. The molecule has 168 valence electrons. The molecule has 3 N–H and O–H groups in total. The van der Waals surface area contributed by atoms with Crippen LogP contribution < -0.4 is 10.1 Å². The molecule has 1 fully saturated rings. The first kappa shape index (κ1) is 22.0. The molecule has 0 atom stereocenters. The highest BCUT2D eigenvalue weighted by Gasteiger charge is 2.34. The van der Waals surface area contributed by atoms with E-state index in [0.717, 1.165) is 41.4 Å². The number of carbonyl (C=O) groups excluding carboxylic acids is 1. The Bertz CT molecular complexity index is 1130. The summed E-state index contributed by atoms with van der Waals surface area (Å²) in [4.78, 5) is 15.3. The van der Waals surface area contributed by atoms with Gasteiger partial charge < -0.3 is 20.1 Å². The third-order valence-corrected chi connectivity index (χ3v) is 5.74. The quantitative estimate of drug-likeness (QED) is 0.428. The van der Waals surface area contributed by atoms with Gasteiger partial charge in [0.15, 0.2) is 0 Å². The second-order valence-corrected chi connectivity index (χ2v) is 7.97. The molecule has 1 aliphatic rings. The Labute approximate surface area is 182 Å². The summed E-state index contributed by atoms with van der Waals surface area (Å²) in [6.45, 7) is 3.52. The molecule has 8 heteroatoms. The number of hydrogen-bond acceptors (Lipinski definition) is 3. The van der Waals surface area contributed by atoms with Gasteiger partial charge in [-0.2, -0.15) is 13.2 Å². The van der Waals surface area contributed by atoms with Crippen LogP contribution in [0.15, 0.2) is 60.8 Å². The monoisotopic (exact) mass is 444 g/mol. The van der Waals surface area contributed by atoms with Crippen LogP contribution in [0.25, 0.3) is 10.9 Å². The number of aromatic nitrogens is 1. The zero-order valence-electron chi connectivity index (χ0n) is 17.2. The van der Waals surface area contributed by atoms with Crippen LogP contribution in [-0.4, -0.2) is 28.7 Å². The molecule has 3 aromatic rings. The largest absolute Gasteiger partial charge is 0.490 e. The number of carbonyl (C=O) groups is 1. The lowest BCUT2D eigenvalue weighted by Crippen LogP contribution is -2.32. The molecule has 0 spiro atoms. The summed E-state index contributed by atoms with van der Waals surface area (Å²) in [5.41, 5.74) is 1.95. The van der Waals surface area contributed by atoms with E-state index in [4.69, 9.17) is 9.84 Å². The predicted molar refractivity (Wildman–Crippen MR) is 116 cm³/mol. The molecule has 5 nitrogen and oxygen atoms in total. The second-order valence-electron chi connectivity index (χ2n) is 7.97. The van der Waals surface area contributed by atoms with Crippen molar-refractivity contribution in [2.45, 2.75) is 37.5 Å². The van der Waals surface area contributed by atoms with E-state index in [1.807, 2.05) is 18.2 Å². The maximum absolute atomic E-state index is 12.7. The van der Waals surface area contributed by atoms with Crippen LogP contribution in [0.2, 0.25) is 0 Å². The fourth-order valence-corrected chi connectivity index (χ4v) is 3.81. The zero-order valence-corrected chi connectivity index (χ0v) is 17.2. The van der Waals surface area contributed by atoms with E-state index in [0.29, 0.717) is 11.4 Å². The molecule has 32 heavy (non-hydrogen) atoms. The number of H-pyrrole nitrogens is 1. The number of alkyl halides is 3. The van der Waals surface area contributed by atoms with Crippen molar-refractivity contribution in [2.75, 3.05) is 11.9 Å². The molecular formula is C24H23F3N2O3. The molecule has 1 saturated carbocycles. The molecule has 1 aromatic heterocycles. The Morgan fingerprint density at radius 1 is 1.19 bits per heavy atom.